The number of hydrogen-bond acceptors (Lipinski definition) is 6. The van der Waals surface area contributed by atoms with Crippen molar-refractivity contribution in [3.8, 4) is 17.2 Å². The molecule has 0 N–H and O–H groups in total. The monoisotopic (exact) mass is 378 g/mol. The SMILES string of the molecule is COc1cc(C(=O)N2CCCC3CCCCC32)c([N+](=O)[O-])c(OC)c1OC. The molecule has 1 heterocycles. The number of nitrogens with zero attached hydrogens (tertiary/aromatic N) is 2. The maximum atomic E-state index is 13.4. The minimum Gasteiger partial charge on any atom is -0.493 e. The highest BCUT2D eigenvalue weighted by Crippen LogP contribution is 2.47. The fourth-order valence-corrected chi connectivity index (χ4v) is 4.52. The molecular formula is C19H26N2O6. The third-order valence-electron chi connectivity index (χ3n) is 5.72. The lowest BCUT2D eigenvalue weighted by molar-refractivity contribution is -0.386. The van der Waals surface area contributed by atoms with Crippen LogP contribution in [0.25, 0.3) is 0 Å². The first-order valence-electron chi connectivity index (χ1n) is 9.31. The van der Waals surface area contributed by atoms with Gasteiger partial charge in [0.15, 0.2) is 5.75 Å². The molecule has 148 valence electrons. The molecule has 3 rings (SSSR count). The maximum Gasteiger partial charge on any atom is 0.327 e. The number of nitro benzene ring substituents is 1. The molecule has 1 aromatic carbocycles. The Kier molecular flexibility index (Phi) is 5.72. The highest BCUT2D eigenvalue weighted by atomic mass is 16.6. The van der Waals surface area contributed by atoms with E-state index in [4.69, 9.17) is 14.2 Å². The van der Waals surface area contributed by atoms with E-state index in [2.05, 4.69) is 0 Å². The topological polar surface area (TPSA) is 91.1 Å². The van der Waals surface area contributed by atoms with Gasteiger partial charge in [-0.2, -0.15) is 0 Å². The quantitative estimate of drug-likeness (QED) is 0.576. The van der Waals surface area contributed by atoms with Crippen LogP contribution in [0.4, 0.5) is 5.69 Å². The van der Waals surface area contributed by atoms with Gasteiger partial charge in [0.2, 0.25) is 11.5 Å². The Morgan fingerprint density at radius 3 is 2.37 bits per heavy atom. The summed E-state index contributed by atoms with van der Waals surface area (Å²) in [5.74, 6) is 0.399. The lowest BCUT2D eigenvalue weighted by atomic mass is 9.78. The summed E-state index contributed by atoms with van der Waals surface area (Å²) in [6.45, 7) is 0.619. The number of rotatable bonds is 5. The zero-order valence-electron chi connectivity index (χ0n) is 16.0. The van der Waals surface area contributed by atoms with E-state index in [1.807, 2.05) is 4.90 Å². The average Bonchev–Trinajstić information content (AvgIpc) is 2.70. The molecule has 2 atom stereocenters. The van der Waals surface area contributed by atoms with Crippen molar-refractivity contribution in [2.45, 2.75) is 44.6 Å². The first kappa shape index (κ1) is 19.3. The molecule has 27 heavy (non-hydrogen) atoms. The zero-order valence-corrected chi connectivity index (χ0v) is 16.0. The molecule has 1 amide bonds. The van der Waals surface area contributed by atoms with Gasteiger partial charge < -0.3 is 19.1 Å². The minimum atomic E-state index is -0.587. The molecule has 1 aliphatic heterocycles. The Morgan fingerprint density at radius 1 is 1.07 bits per heavy atom. The number of benzene rings is 1. The number of hydrogen-bond donors (Lipinski definition) is 0. The molecule has 1 aromatic rings. The number of piperidine rings is 1. The van der Waals surface area contributed by atoms with Crippen LogP contribution in [-0.4, -0.2) is 49.6 Å². The molecular weight excluding hydrogens is 352 g/mol. The predicted molar refractivity (Wildman–Crippen MR) is 98.8 cm³/mol. The van der Waals surface area contributed by atoms with Crippen molar-refractivity contribution in [1.29, 1.82) is 0 Å². The lowest BCUT2D eigenvalue weighted by Crippen LogP contribution is -2.49. The van der Waals surface area contributed by atoms with Crippen molar-refractivity contribution in [3.05, 3.63) is 21.7 Å². The van der Waals surface area contributed by atoms with Crippen LogP contribution in [0.15, 0.2) is 6.07 Å². The first-order valence-corrected chi connectivity index (χ1v) is 9.31. The highest BCUT2D eigenvalue weighted by Gasteiger charge is 2.40. The summed E-state index contributed by atoms with van der Waals surface area (Å²) >= 11 is 0. The number of carbonyl (C=O) groups excluding carboxylic acids is 1. The summed E-state index contributed by atoms with van der Waals surface area (Å²) in [6.07, 6.45) is 6.38. The van der Waals surface area contributed by atoms with Gasteiger partial charge in [-0.25, -0.2) is 0 Å². The van der Waals surface area contributed by atoms with Crippen LogP contribution >= 0.6 is 0 Å². The number of fused-ring (bicyclic) bond motifs is 1. The smallest absolute Gasteiger partial charge is 0.327 e. The third-order valence-corrected chi connectivity index (χ3v) is 5.72. The maximum absolute atomic E-state index is 13.4. The Hall–Kier alpha value is -2.51. The Morgan fingerprint density at radius 2 is 1.74 bits per heavy atom. The summed E-state index contributed by atoms with van der Waals surface area (Å²) in [5, 5.41) is 11.8. The summed E-state index contributed by atoms with van der Waals surface area (Å²) in [4.78, 5) is 26.4. The molecule has 1 saturated carbocycles. The van der Waals surface area contributed by atoms with Crippen LogP contribution in [0, 0.1) is 16.0 Å². The van der Waals surface area contributed by atoms with Gasteiger partial charge in [-0.1, -0.05) is 12.8 Å². The molecule has 1 aliphatic carbocycles. The van der Waals surface area contributed by atoms with Crippen molar-refractivity contribution in [2.75, 3.05) is 27.9 Å². The van der Waals surface area contributed by atoms with Crippen LogP contribution in [-0.2, 0) is 0 Å². The standard InChI is InChI=1S/C19H26N2O6/c1-25-15-11-13(16(21(23)24)18(27-3)17(15)26-2)19(22)20-10-6-8-12-7-4-5-9-14(12)20/h11-12,14H,4-10H2,1-3H3. The Balaban J connectivity index is 2.09. The minimum absolute atomic E-state index is 0.0132. The molecule has 8 heteroatoms. The van der Waals surface area contributed by atoms with E-state index in [-0.39, 0.29) is 40.4 Å². The van der Waals surface area contributed by atoms with E-state index in [1.54, 1.807) is 0 Å². The normalized spacial score (nSPS) is 22.0. The lowest BCUT2D eigenvalue weighted by Gasteiger charge is -2.44. The fraction of sp³-hybridized carbons (Fsp3) is 0.632. The van der Waals surface area contributed by atoms with E-state index < -0.39 is 4.92 Å². The van der Waals surface area contributed by atoms with Crippen LogP contribution in [0.5, 0.6) is 17.2 Å². The van der Waals surface area contributed by atoms with Gasteiger partial charge in [-0.05, 0) is 31.6 Å². The second-order valence-electron chi connectivity index (χ2n) is 7.05. The van der Waals surface area contributed by atoms with E-state index >= 15 is 0 Å². The summed E-state index contributed by atoms with van der Waals surface area (Å²) < 4.78 is 15.8. The molecule has 0 radical (unpaired) electrons. The average molecular weight is 378 g/mol. The second-order valence-corrected chi connectivity index (χ2v) is 7.05. The van der Waals surface area contributed by atoms with Crippen LogP contribution < -0.4 is 14.2 Å². The van der Waals surface area contributed by atoms with Crippen molar-refractivity contribution >= 4 is 11.6 Å². The van der Waals surface area contributed by atoms with E-state index in [1.165, 1.54) is 33.8 Å². The molecule has 2 unspecified atom stereocenters. The van der Waals surface area contributed by atoms with Gasteiger partial charge >= 0.3 is 5.69 Å². The van der Waals surface area contributed by atoms with Gasteiger partial charge in [0.05, 0.1) is 26.3 Å². The largest absolute Gasteiger partial charge is 0.493 e. The number of nitro groups is 1. The zero-order chi connectivity index (χ0) is 19.6. The Bertz CT molecular complexity index is 733. The molecule has 0 bridgehead atoms. The highest BCUT2D eigenvalue weighted by molar-refractivity contribution is 6.01. The van der Waals surface area contributed by atoms with E-state index in [9.17, 15) is 14.9 Å². The predicted octanol–water partition coefficient (Wildman–Crippen LogP) is 3.42. The Labute approximate surface area is 158 Å². The van der Waals surface area contributed by atoms with Gasteiger partial charge in [-0.3, -0.25) is 14.9 Å². The van der Waals surface area contributed by atoms with Crippen LogP contribution in [0.1, 0.15) is 48.9 Å². The van der Waals surface area contributed by atoms with Gasteiger partial charge in [0.25, 0.3) is 5.91 Å². The summed E-state index contributed by atoms with van der Waals surface area (Å²) in [7, 11) is 4.12. The summed E-state index contributed by atoms with van der Waals surface area (Å²) in [5.41, 5.74) is -0.390. The van der Waals surface area contributed by atoms with Crippen LogP contribution in [0.2, 0.25) is 0 Å². The van der Waals surface area contributed by atoms with Crippen molar-refractivity contribution < 1.29 is 23.9 Å². The van der Waals surface area contributed by atoms with Crippen molar-refractivity contribution in [1.82, 2.24) is 4.90 Å². The third kappa shape index (κ3) is 3.40. The van der Waals surface area contributed by atoms with Crippen molar-refractivity contribution in [2.24, 2.45) is 5.92 Å². The van der Waals surface area contributed by atoms with Crippen molar-refractivity contribution in [3.63, 3.8) is 0 Å². The number of ether oxygens (including phenoxy) is 3. The van der Waals surface area contributed by atoms with Gasteiger partial charge in [0.1, 0.15) is 5.56 Å². The van der Waals surface area contributed by atoms with Crippen LogP contribution in [0.3, 0.4) is 0 Å². The number of amides is 1. The van der Waals surface area contributed by atoms with Gasteiger partial charge in [-0.15, -0.1) is 0 Å². The molecule has 1 saturated heterocycles. The number of carbonyl (C=O) groups is 1. The second kappa shape index (κ2) is 8.02. The molecule has 2 aliphatic rings. The molecule has 0 aromatic heterocycles. The van der Waals surface area contributed by atoms with Gasteiger partial charge in [0, 0.05) is 18.7 Å². The first-order chi connectivity index (χ1) is 13.0. The summed E-state index contributed by atoms with van der Waals surface area (Å²) in [6, 6.07) is 1.55. The molecule has 2 fully saturated rings. The van der Waals surface area contributed by atoms with E-state index in [0.29, 0.717) is 12.5 Å². The molecule has 0 spiro atoms. The van der Waals surface area contributed by atoms with E-state index in [0.717, 1.165) is 32.1 Å². The molecule has 8 nitrogen and oxygen atoms in total. The number of methoxy groups -OCH3 is 3. The number of likely N-dealkylation sites (tertiary alicyclic amines) is 1. The fourth-order valence-electron chi connectivity index (χ4n) is 4.52.